The standard InChI is InChI=1S/C45H28N4OS/c1-3-12-27(13-4-1)43-46-44(28-14-5-2-6-15-28)48-45(47-43)35-19-11-18-34-36-26-29(22-25-39(36)51-42(34)35)49-37-20-9-7-16-30(37)32-23-24-33-31-17-8-10-21-38(31)50-41(33)40(32)49/h1-14,16-26,28H,15H2. The minimum Gasteiger partial charge on any atom is -0.454 e. The van der Waals surface area contributed by atoms with Crippen molar-refractivity contribution < 1.29 is 4.42 Å². The van der Waals surface area contributed by atoms with Gasteiger partial charge in [-0.25, -0.2) is 15.0 Å². The number of nitrogens with zero attached hydrogens (tertiary/aromatic N) is 4. The third-order valence-corrected chi connectivity index (χ3v) is 11.4. The molecule has 0 saturated carbocycles. The maximum Gasteiger partial charge on any atom is 0.165 e. The molecule has 11 rings (SSSR count). The lowest BCUT2D eigenvalue weighted by molar-refractivity contribution is 0.671. The van der Waals surface area contributed by atoms with Crippen LogP contribution in [0.25, 0.3) is 92.4 Å². The molecule has 0 radical (unpaired) electrons. The molecule has 0 amide bonds. The topological polar surface area (TPSA) is 56.7 Å². The van der Waals surface area contributed by atoms with Crippen LogP contribution in [0.1, 0.15) is 18.2 Å². The molecule has 6 heteroatoms. The van der Waals surface area contributed by atoms with E-state index in [1.807, 2.05) is 24.3 Å². The highest BCUT2D eigenvalue weighted by Gasteiger charge is 2.22. The van der Waals surface area contributed by atoms with Crippen LogP contribution in [0.3, 0.4) is 0 Å². The molecule has 10 aromatic rings. The van der Waals surface area contributed by atoms with E-state index in [9.17, 15) is 0 Å². The first-order valence-electron chi connectivity index (χ1n) is 17.2. The minimum absolute atomic E-state index is 0.104. The first-order valence-corrected chi connectivity index (χ1v) is 18.0. The number of fused-ring (bicyclic) bond motifs is 10. The molecule has 0 N–H and O–H groups in total. The van der Waals surface area contributed by atoms with Gasteiger partial charge in [0.1, 0.15) is 11.4 Å². The lowest BCUT2D eigenvalue weighted by Gasteiger charge is -2.14. The zero-order chi connectivity index (χ0) is 33.5. The lowest BCUT2D eigenvalue weighted by atomic mass is 10.00. The second-order valence-corrected chi connectivity index (χ2v) is 14.2. The summed E-state index contributed by atoms with van der Waals surface area (Å²) < 4.78 is 11.4. The Labute approximate surface area is 296 Å². The van der Waals surface area contributed by atoms with Gasteiger partial charge in [0.2, 0.25) is 0 Å². The van der Waals surface area contributed by atoms with Gasteiger partial charge < -0.3 is 8.98 Å². The van der Waals surface area contributed by atoms with Crippen LogP contribution >= 0.6 is 11.3 Å². The average molecular weight is 673 g/mol. The van der Waals surface area contributed by atoms with Gasteiger partial charge in [0.25, 0.3) is 0 Å². The molecule has 1 unspecified atom stereocenters. The van der Waals surface area contributed by atoms with Crippen molar-refractivity contribution in [3.8, 4) is 28.5 Å². The summed E-state index contributed by atoms with van der Waals surface area (Å²) in [5, 5.41) is 7.03. The van der Waals surface area contributed by atoms with E-state index in [-0.39, 0.29) is 5.92 Å². The van der Waals surface area contributed by atoms with Crippen LogP contribution in [0.5, 0.6) is 0 Å². The van der Waals surface area contributed by atoms with E-state index in [4.69, 9.17) is 19.4 Å². The Balaban J connectivity index is 1.13. The molecule has 0 spiro atoms. The maximum absolute atomic E-state index is 6.61. The second kappa shape index (κ2) is 11.1. The molecule has 1 aliphatic rings. The number of hydrogen-bond donors (Lipinski definition) is 0. The third-order valence-electron chi connectivity index (χ3n) is 10.2. The summed E-state index contributed by atoms with van der Waals surface area (Å²) >= 11 is 1.79. The molecular formula is C45H28N4OS. The molecule has 1 aliphatic carbocycles. The maximum atomic E-state index is 6.61. The lowest BCUT2D eigenvalue weighted by Crippen LogP contribution is -2.07. The largest absolute Gasteiger partial charge is 0.454 e. The summed E-state index contributed by atoms with van der Waals surface area (Å²) in [4.78, 5) is 15.2. The highest BCUT2D eigenvalue weighted by Crippen LogP contribution is 2.43. The van der Waals surface area contributed by atoms with Gasteiger partial charge in [-0.05, 0) is 48.9 Å². The SMILES string of the molecule is C1=CCC(c2nc(-c3ccccc3)nc(-c3cccc4c3sc3ccc(-n5c6ccccc6c6ccc7c8ccccc8oc7c65)cc34)n2)C=C1. The molecule has 0 aliphatic heterocycles. The van der Waals surface area contributed by atoms with Crippen molar-refractivity contribution in [2.75, 3.05) is 0 Å². The van der Waals surface area contributed by atoms with E-state index >= 15 is 0 Å². The molecule has 240 valence electrons. The van der Waals surface area contributed by atoms with Crippen molar-refractivity contribution in [1.29, 1.82) is 0 Å². The van der Waals surface area contributed by atoms with E-state index in [2.05, 4.69) is 132 Å². The van der Waals surface area contributed by atoms with Gasteiger partial charge in [0.05, 0.1) is 11.0 Å². The van der Waals surface area contributed by atoms with Crippen LogP contribution in [-0.4, -0.2) is 19.5 Å². The molecule has 1 atom stereocenters. The second-order valence-electron chi connectivity index (χ2n) is 13.1. The predicted octanol–water partition coefficient (Wildman–Crippen LogP) is 12.2. The van der Waals surface area contributed by atoms with E-state index in [0.717, 1.165) is 62.0 Å². The Morgan fingerprint density at radius 2 is 1.43 bits per heavy atom. The van der Waals surface area contributed by atoms with Crippen molar-refractivity contribution in [3.63, 3.8) is 0 Å². The van der Waals surface area contributed by atoms with Gasteiger partial charge in [-0.15, -0.1) is 11.3 Å². The van der Waals surface area contributed by atoms with Crippen LogP contribution in [-0.2, 0) is 0 Å². The van der Waals surface area contributed by atoms with Crippen molar-refractivity contribution in [3.05, 3.63) is 158 Å². The normalized spacial score (nSPS) is 14.6. The number of thiophene rings is 1. The quantitative estimate of drug-likeness (QED) is 0.187. The summed E-state index contributed by atoms with van der Waals surface area (Å²) in [7, 11) is 0. The van der Waals surface area contributed by atoms with Crippen LogP contribution in [0.2, 0.25) is 0 Å². The monoisotopic (exact) mass is 672 g/mol. The molecular weight excluding hydrogens is 645 g/mol. The number of allylic oxidation sites excluding steroid dienone is 4. The Morgan fingerprint density at radius 3 is 2.33 bits per heavy atom. The zero-order valence-electron chi connectivity index (χ0n) is 27.3. The molecule has 5 nitrogen and oxygen atoms in total. The molecule has 4 aromatic heterocycles. The highest BCUT2D eigenvalue weighted by atomic mass is 32.1. The summed E-state index contributed by atoms with van der Waals surface area (Å²) in [6, 6.07) is 44.9. The summed E-state index contributed by atoms with van der Waals surface area (Å²) in [6.07, 6.45) is 9.40. The molecule has 0 saturated heterocycles. The van der Waals surface area contributed by atoms with Crippen molar-refractivity contribution >= 4 is 75.3 Å². The van der Waals surface area contributed by atoms with E-state index in [1.165, 1.54) is 30.9 Å². The van der Waals surface area contributed by atoms with E-state index in [0.29, 0.717) is 11.6 Å². The molecule has 51 heavy (non-hydrogen) atoms. The Kier molecular flexibility index (Phi) is 6.18. The van der Waals surface area contributed by atoms with Crippen LogP contribution in [0.15, 0.2) is 156 Å². The van der Waals surface area contributed by atoms with Gasteiger partial charge in [0.15, 0.2) is 17.2 Å². The minimum atomic E-state index is 0.104. The first kappa shape index (κ1) is 28.5. The molecule has 4 heterocycles. The van der Waals surface area contributed by atoms with Gasteiger partial charge >= 0.3 is 0 Å². The van der Waals surface area contributed by atoms with Crippen LogP contribution < -0.4 is 0 Å². The summed E-state index contributed by atoms with van der Waals surface area (Å²) in [5.41, 5.74) is 7.14. The number of aromatic nitrogens is 4. The van der Waals surface area contributed by atoms with Crippen LogP contribution in [0.4, 0.5) is 0 Å². The van der Waals surface area contributed by atoms with Crippen molar-refractivity contribution in [2.24, 2.45) is 0 Å². The smallest absolute Gasteiger partial charge is 0.165 e. The number of hydrogen-bond acceptors (Lipinski definition) is 5. The fourth-order valence-corrected chi connectivity index (χ4v) is 8.96. The van der Waals surface area contributed by atoms with Gasteiger partial charge in [-0.2, -0.15) is 0 Å². The number of rotatable bonds is 4. The Hall–Kier alpha value is -6.37. The average Bonchev–Trinajstić information content (AvgIpc) is 3.88. The highest BCUT2D eigenvalue weighted by molar-refractivity contribution is 7.26. The Bertz CT molecular complexity index is 3070. The predicted molar refractivity (Wildman–Crippen MR) is 211 cm³/mol. The third kappa shape index (κ3) is 4.36. The molecule has 0 fully saturated rings. The fourth-order valence-electron chi connectivity index (χ4n) is 7.77. The van der Waals surface area contributed by atoms with Gasteiger partial charge in [-0.1, -0.05) is 109 Å². The van der Waals surface area contributed by atoms with Gasteiger partial charge in [0, 0.05) is 64.4 Å². The summed E-state index contributed by atoms with van der Waals surface area (Å²) in [6.45, 7) is 0. The van der Waals surface area contributed by atoms with Gasteiger partial charge in [-0.3, -0.25) is 0 Å². The van der Waals surface area contributed by atoms with E-state index < -0.39 is 0 Å². The van der Waals surface area contributed by atoms with Crippen molar-refractivity contribution in [1.82, 2.24) is 19.5 Å². The number of benzene rings is 6. The van der Waals surface area contributed by atoms with E-state index in [1.54, 1.807) is 11.3 Å². The molecule has 6 aromatic carbocycles. The number of furan rings is 1. The zero-order valence-corrected chi connectivity index (χ0v) is 28.1. The van der Waals surface area contributed by atoms with Crippen molar-refractivity contribution in [2.45, 2.75) is 12.3 Å². The first-order chi connectivity index (χ1) is 25.3. The molecule has 0 bridgehead atoms. The fraction of sp³-hybridized carbons (Fsp3) is 0.0444. The summed E-state index contributed by atoms with van der Waals surface area (Å²) in [5.74, 6) is 2.30. The number of para-hydroxylation sites is 2. The van der Waals surface area contributed by atoms with Crippen LogP contribution in [0, 0.1) is 0 Å². The Morgan fingerprint density at radius 1 is 0.627 bits per heavy atom.